The van der Waals surface area contributed by atoms with Crippen LogP contribution in [-0.4, -0.2) is 24.7 Å². The summed E-state index contributed by atoms with van der Waals surface area (Å²) in [7, 11) is 4.93. The number of aryl methyl sites for hydroxylation is 1. The average Bonchev–Trinajstić information content (AvgIpc) is 2.91. The highest BCUT2D eigenvalue weighted by Gasteiger charge is 2.16. The lowest BCUT2D eigenvalue weighted by Crippen LogP contribution is -2.14. The number of amides is 1. The molecule has 0 saturated carbocycles. The first-order valence-electron chi connectivity index (χ1n) is 7.11. The monoisotopic (exact) mass is 406 g/mol. The van der Waals surface area contributed by atoms with Crippen LogP contribution in [0.4, 0.5) is 0 Å². The smallest absolute Gasteiger partial charge is 0.283 e. The number of nitrogens with zero attached hydrogens (tertiary/aromatic N) is 2. The van der Waals surface area contributed by atoms with Crippen molar-refractivity contribution in [3.8, 4) is 11.5 Å². The maximum atomic E-state index is 12.7. The molecule has 2 aromatic carbocycles. The summed E-state index contributed by atoms with van der Waals surface area (Å²) in [5, 5.41) is 0. The third-order valence-corrected chi connectivity index (χ3v) is 5.34. The summed E-state index contributed by atoms with van der Waals surface area (Å²) in [4.78, 5) is 17.6. The fourth-order valence-electron chi connectivity index (χ4n) is 2.47. The van der Waals surface area contributed by atoms with E-state index in [4.69, 9.17) is 9.47 Å². The van der Waals surface area contributed by atoms with E-state index in [9.17, 15) is 4.79 Å². The summed E-state index contributed by atoms with van der Waals surface area (Å²) in [5.41, 5.74) is 1.38. The highest BCUT2D eigenvalue weighted by atomic mass is 79.9. The molecule has 0 saturated heterocycles. The number of methoxy groups -OCH3 is 2. The van der Waals surface area contributed by atoms with Gasteiger partial charge in [0.15, 0.2) is 16.3 Å². The van der Waals surface area contributed by atoms with Crippen LogP contribution in [0.3, 0.4) is 0 Å². The van der Waals surface area contributed by atoms with Crippen LogP contribution in [0.15, 0.2) is 45.9 Å². The minimum absolute atomic E-state index is 0.369. The van der Waals surface area contributed by atoms with Gasteiger partial charge in [0.1, 0.15) is 0 Å². The van der Waals surface area contributed by atoms with Crippen LogP contribution in [-0.2, 0) is 7.05 Å². The van der Waals surface area contributed by atoms with Crippen molar-refractivity contribution < 1.29 is 14.3 Å². The molecular formula is C17H15BrN2O3S. The second-order valence-corrected chi connectivity index (χ2v) is 6.85. The summed E-state index contributed by atoms with van der Waals surface area (Å²) in [6, 6.07) is 11.1. The minimum atomic E-state index is -0.371. The number of halogens is 1. The highest BCUT2D eigenvalue weighted by Crippen LogP contribution is 2.31. The zero-order chi connectivity index (χ0) is 17.3. The third kappa shape index (κ3) is 2.85. The Morgan fingerprint density at radius 3 is 2.58 bits per heavy atom. The van der Waals surface area contributed by atoms with Gasteiger partial charge in [0, 0.05) is 11.5 Å². The van der Waals surface area contributed by atoms with Crippen molar-refractivity contribution in [1.82, 2.24) is 4.57 Å². The van der Waals surface area contributed by atoms with Crippen molar-refractivity contribution in [2.75, 3.05) is 14.2 Å². The first-order chi connectivity index (χ1) is 11.6. The summed E-state index contributed by atoms with van der Waals surface area (Å²) < 4.78 is 14.5. The number of para-hydroxylation sites is 2. The Morgan fingerprint density at radius 1 is 1.17 bits per heavy atom. The van der Waals surface area contributed by atoms with Gasteiger partial charge in [0.05, 0.1) is 30.0 Å². The second-order valence-electron chi connectivity index (χ2n) is 4.99. The Labute approximate surface area is 151 Å². The van der Waals surface area contributed by atoms with Gasteiger partial charge in [-0.15, -0.1) is 0 Å². The van der Waals surface area contributed by atoms with Gasteiger partial charge in [-0.05, 0) is 40.2 Å². The lowest BCUT2D eigenvalue weighted by atomic mass is 10.2. The minimum Gasteiger partial charge on any atom is -0.493 e. The number of hydrogen-bond donors (Lipinski definition) is 0. The molecule has 0 fully saturated rings. The number of aromatic nitrogens is 1. The molecule has 0 bridgehead atoms. The normalized spacial score (nSPS) is 11.8. The number of fused-ring (bicyclic) bond motifs is 1. The average molecular weight is 407 g/mol. The number of carbonyl (C=O) groups excluding carboxylic acids is 1. The Kier molecular flexibility index (Phi) is 4.73. The van der Waals surface area contributed by atoms with Crippen LogP contribution in [0.2, 0.25) is 0 Å². The maximum absolute atomic E-state index is 12.7. The third-order valence-electron chi connectivity index (χ3n) is 3.60. The number of rotatable bonds is 3. The van der Waals surface area contributed by atoms with Crippen LogP contribution in [0.25, 0.3) is 10.2 Å². The molecule has 0 N–H and O–H groups in total. The largest absolute Gasteiger partial charge is 0.493 e. The van der Waals surface area contributed by atoms with E-state index in [1.54, 1.807) is 18.2 Å². The van der Waals surface area contributed by atoms with Crippen molar-refractivity contribution in [2.24, 2.45) is 12.0 Å². The molecule has 0 spiro atoms. The molecule has 0 unspecified atom stereocenters. The second kappa shape index (κ2) is 6.78. The fraction of sp³-hybridized carbons (Fsp3) is 0.176. The Hall–Kier alpha value is -2.12. The van der Waals surface area contributed by atoms with Crippen LogP contribution in [0.5, 0.6) is 11.5 Å². The number of ether oxygens (including phenoxy) is 2. The van der Waals surface area contributed by atoms with E-state index in [0.717, 1.165) is 14.7 Å². The molecule has 0 aliphatic rings. The van der Waals surface area contributed by atoms with E-state index in [2.05, 4.69) is 20.9 Å². The molecule has 0 radical (unpaired) electrons. The topological polar surface area (TPSA) is 52.8 Å². The molecule has 1 heterocycles. The molecule has 0 aliphatic heterocycles. The lowest BCUT2D eigenvalue weighted by Gasteiger charge is -2.09. The van der Waals surface area contributed by atoms with Gasteiger partial charge in [0.2, 0.25) is 0 Å². The first-order valence-corrected chi connectivity index (χ1v) is 8.72. The standard InChI is InChI=1S/C17H15BrN2O3S/c1-20-14-11(18)7-5-9-13(14)24-17(20)19-16(21)10-6-4-8-12(22-2)15(10)23-3/h4-9H,1-3H3. The van der Waals surface area contributed by atoms with E-state index in [1.165, 1.54) is 25.6 Å². The van der Waals surface area contributed by atoms with Gasteiger partial charge in [-0.3, -0.25) is 4.79 Å². The molecule has 7 heteroatoms. The van der Waals surface area contributed by atoms with Crippen LogP contribution in [0, 0.1) is 0 Å². The van der Waals surface area contributed by atoms with Gasteiger partial charge in [-0.25, -0.2) is 0 Å². The van der Waals surface area contributed by atoms with E-state index in [1.807, 2.05) is 29.8 Å². The van der Waals surface area contributed by atoms with Gasteiger partial charge in [-0.1, -0.05) is 23.5 Å². The van der Waals surface area contributed by atoms with Crippen molar-refractivity contribution in [3.63, 3.8) is 0 Å². The maximum Gasteiger partial charge on any atom is 0.283 e. The fourth-order valence-corrected chi connectivity index (χ4v) is 4.27. The first kappa shape index (κ1) is 16.7. The van der Waals surface area contributed by atoms with Crippen LogP contribution < -0.4 is 14.3 Å². The summed E-state index contributed by atoms with van der Waals surface area (Å²) >= 11 is 4.99. The number of benzene rings is 2. The number of carbonyl (C=O) groups is 1. The molecular weight excluding hydrogens is 392 g/mol. The highest BCUT2D eigenvalue weighted by molar-refractivity contribution is 9.10. The van der Waals surface area contributed by atoms with Gasteiger partial charge >= 0.3 is 0 Å². The molecule has 3 aromatic rings. The van der Waals surface area contributed by atoms with Crippen LogP contribution in [0.1, 0.15) is 10.4 Å². The molecule has 0 aliphatic carbocycles. The van der Waals surface area contributed by atoms with E-state index >= 15 is 0 Å². The number of thiazole rings is 1. The molecule has 0 atom stereocenters. The van der Waals surface area contributed by atoms with Crippen molar-refractivity contribution in [3.05, 3.63) is 51.2 Å². The van der Waals surface area contributed by atoms with Crippen LogP contribution >= 0.6 is 27.3 Å². The molecule has 24 heavy (non-hydrogen) atoms. The SMILES string of the molecule is COc1cccc(C(=O)N=c2sc3cccc(Br)c3n2C)c1OC. The Bertz CT molecular complexity index is 991. The Balaban J connectivity index is 2.15. The summed E-state index contributed by atoms with van der Waals surface area (Å²) in [6.07, 6.45) is 0. The van der Waals surface area contributed by atoms with E-state index in [0.29, 0.717) is 21.9 Å². The zero-order valence-corrected chi connectivity index (χ0v) is 15.8. The lowest BCUT2D eigenvalue weighted by molar-refractivity contribution is 0.0994. The summed E-state index contributed by atoms with van der Waals surface area (Å²) in [5.74, 6) is 0.518. The number of hydrogen-bond acceptors (Lipinski definition) is 4. The molecule has 3 rings (SSSR count). The quantitative estimate of drug-likeness (QED) is 0.665. The van der Waals surface area contributed by atoms with Gasteiger partial charge < -0.3 is 14.0 Å². The Morgan fingerprint density at radius 2 is 1.92 bits per heavy atom. The molecule has 124 valence electrons. The van der Waals surface area contributed by atoms with Gasteiger partial charge in [-0.2, -0.15) is 4.99 Å². The van der Waals surface area contributed by atoms with E-state index in [-0.39, 0.29) is 5.91 Å². The predicted molar refractivity (Wildman–Crippen MR) is 97.9 cm³/mol. The van der Waals surface area contributed by atoms with Crippen molar-refractivity contribution >= 4 is 43.4 Å². The summed E-state index contributed by atoms with van der Waals surface area (Å²) in [6.45, 7) is 0. The van der Waals surface area contributed by atoms with Gasteiger partial charge in [0.25, 0.3) is 5.91 Å². The predicted octanol–water partition coefficient (Wildman–Crippen LogP) is 3.76. The van der Waals surface area contributed by atoms with E-state index < -0.39 is 0 Å². The van der Waals surface area contributed by atoms with Crippen molar-refractivity contribution in [1.29, 1.82) is 0 Å². The molecule has 1 aromatic heterocycles. The van der Waals surface area contributed by atoms with Crippen molar-refractivity contribution in [2.45, 2.75) is 0 Å². The zero-order valence-electron chi connectivity index (χ0n) is 13.4. The molecule has 5 nitrogen and oxygen atoms in total. The molecule has 1 amide bonds.